The standard InChI is InChI=1S/C20H38O4Si/c1-9-23-19(22)17(18(21)14-10-12-16(2)3)13-11-15-24-25(7,8)20(4,5)6/h12,17H,9-11,13-15H2,1-8H3. The number of hydrogen-bond donors (Lipinski definition) is 0. The third-order valence-electron chi connectivity index (χ3n) is 4.81. The zero-order valence-electron chi connectivity index (χ0n) is 17.5. The van der Waals surface area contributed by atoms with E-state index in [1.165, 1.54) is 5.57 Å². The molecule has 25 heavy (non-hydrogen) atoms. The quantitative estimate of drug-likeness (QED) is 0.163. The molecule has 4 nitrogen and oxygen atoms in total. The highest BCUT2D eigenvalue weighted by Crippen LogP contribution is 2.36. The number of esters is 1. The van der Waals surface area contributed by atoms with Crippen molar-refractivity contribution in [2.75, 3.05) is 13.2 Å². The van der Waals surface area contributed by atoms with E-state index < -0.39 is 20.2 Å². The maximum Gasteiger partial charge on any atom is 0.316 e. The van der Waals surface area contributed by atoms with Gasteiger partial charge in [-0.25, -0.2) is 0 Å². The zero-order valence-corrected chi connectivity index (χ0v) is 18.5. The van der Waals surface area contributed by atoms with Crippen LogP contribution in [0, 0.1) is 5.92 Å². The minimum atomic E-state index is -1.79. The monoisotopic (exact) mass is 370 g/mol. The molecule has 0 aromatic heterocycles. The number of carbonyl (C=O) groups is 2. The van der Waals surface area contributed by atoms with Crippen LogP contribution in [0.2, 0.25) is 18.1 Å². The highest BCUT2D eigenvalue weighted by atomic mass is 28.4. The summed E-state index contributed by atoms with van der Waals surface area (Å²) in [4.78, 5) is 24.6. The van der Waals surface area contributed by atoms with Gasteiger partial charge in [0.15, 0.2) is 8.32 Å². The molecule has 0 N–H and O–H groups in total. The van der Waals surface area contributed by atoms with Crippen molar-refractivity contribution in [1.29, 1.82) is 0 Å². The van der Waals surface area contributed by atoms with Crippen LogP contribution in [0.1, 0.15) is 67.2 Å². The summed E-state index contributed by atoms with van der Waals surface area (Å²) in [6.07, 6.45) is 4.29. The maximum atomic E-state index is 12.4. The second kappa shape index (κ2) is 10.9. The fourth-order valence-corrected chi connectivity index (χ4v) is 3.25. The average Bonchev–Trinajstić information content (AvgIpc) is 2.45. The number of allylic oxidation sites excluding steroid dienone is 2. The van der Waals surface area contributed by atoms with Crippen LogP contribution < -0.4 is 0 Å². The van der Waals surface area contributed by atoms with Gasteiger partial charge in [-0.3, -0.25) is 9.59 Å². The number of ketones is 1. The summed E-state index contributed by atoms with van der Waals surface area (Å²) in [5.41, 5.74) is 1.18. The van der Waals surface area contributed by atoms with Gasteiger partial charge in [-0.05, 0) is 58.2 Å². The topological polar surface area (TPSA) is 52.6 Å². The normalized spacial score (nSPS) is 13.3. The van der Waals surface area contributed by atoms with Gasteiger partial charge in [-0.15, -0.1) is 0 Å². The minimum Gasteiger partial charge on any atom is -0.465 e. The molecule has 146 valence electrons. The molecule has 0 fully saturated rings. The molecule has 0 aromatic rings. The van der Waals surface area contributed by atoms with Gasteiger partial charge in [0.2, 0.25) is 0 Å². The summed E-state index contributed by atoms with van der Waals surface area (Å²) in [5.74, 6) is -1.08. The van der Waals surface area contributed by atoms with E-state index in [1.807, 2.05) is 19.9 Å². The average molecular weight is 371 g/mol. The van der Waals surface area contributed by atoms with Crippen LogP contribution in [0.3, 0.4) is 0 Å². The van der Waals surface area contributed by atoms with Crippen LogP contribution in [-0.2, 0) is 18.8 Å². The molecule has 1 unspecified atom stereocenters. The van der Waals surface area contributed by atoms with Crippen LogP contribution in [0.15, 0.2) is 11.6 Å². The lowest BCUT2D eigenvalue weighted by atomic mass is 9.95. The molecule has 0 saturated carbocycles. The lowest BCUT2D eigenvalue weighted by Crippen LogP contribution is -2.41. The Balaban J connectivity index is 4.63. The lowest BCUT2D eigenvalue weighted by Gasteiger charge is -2.36. The summed E-state index contributed by atoms with van der Waals surface area (Å²) in [6, 6.07) is 0. The molecular weight excluding hydrogens is 332 g/mol. The van der Waals surface area contributed by atoms with Gasteiger partial charge in [-0.1, -0.05) is 32.4 Å². The molecular formula is C20H38O4Si. The van der Waals surface area contributed by atoms with Gasteiger partial charge in [0.1, 0.15) is 11.7 Å². The molecule has 0 spiro atoms. The number of hydrogen-bond acceptors (Lipinski definition) is 4. The Morgan fingerprint density at radius 1 is 1.16 bits per heavy atom. The highest BCUT2D eigenvalue weighted by molar-refractivity contribution is 6.74. The lowest BCUT2D eigenvalue weighted by molar-refractivity contribution is -0.151. The van der Waals surface area contributed by atoms with Gasteiger partial charge in [-0.2, -0.15) is 0 Å². The number of rotatable bonds is 11. The predicted octanol–water partition coefficient (Wildman–Crippen LogP) is 5.28. The van der Waals surface area contributed by atoms with Crippen molar-refractivity contribution >= 4 is 20.1 Å². The third kappa shape index (κ3) is 9.36. The summed E-state index contributed by atoms with van der Waals surface area (Å²) >= 11 is 0. The van der Waals surface area contributed by atoms with Crippen molar-refractivity contribution in [3.05, 3.63) is 11.6 Å². The zero-order chi connectivity index (χ0) is 19.7. The van der Waals surface area contributed by atoms with Gasteiger partial charge in [0.05, 0.1) is 6.61 Å². The van der Waals surface area contributed by atoms with E-state index >= 15 is 0 Å². The first-order valence-electron chi connectivity index (χ1n) is 9.39. The molecule has 0 radical (unpaired) electrons. The van der Waals surface area contributed by atoms with E-state index in [0.29, 0.717) is 38.9 Å². The second-order valence-electron chi connectivity index (χ2n) is 8.34. The van der Waals surface area contributed by atoms with Crippen LogP contribution >= 0.6 is 0 Å². The molecule has 0 aliphatic carbocycles. The third-order valence-corrected chi connectivity index (χ3v) is 9.35. The molecule has 5 heteroatoms. The first kappa shape index (κ1) is 24.1. The Morgan fingerprint density at radius 3 is 2.24 bits per heavy atom. The van der Waals surface area contributed by atoms with E-state index in [1.54, 1.807) is 6.92 Å². The molecule has 0 aliphatic heterocycles. The van der Waals surface area contributed by atoms with E-state index in [-0.39, 0.29) is 10.8 Å². The molecule has 1 atom stereocenters. The van der Waals surface area contributed by atoms with Gasteiger partial charge in [0, 0.05) is 13.0 Å². The highest BCUT2D eigenvalue weighted by Gasteiger charge is 2.37. The number of ether oxygens (including phenoxy) is 1. The molecule has 0 rings (SSSR count). The molecule has 0 aliphatic rings. The van der Waals surface area contributed by atoms with Crippen molar-refractivity contribution in [2.45, 2.75) is 85.4 Å². The Morgan fingerprint density at radius 2 is 1.76 bits per heavy atom. The second-order valence-corrected chi connectivity index (χ2v) is 13.2. The van der Waals surface area contributed by atoms with Crippen molar-refractivity contribution in [2.24, 2.45) is 5.92 Å². The van der Waals surface area contributed by atoms with Crippen molar-refractivity contribution in [1.82, 2.24) is 0 Å². The predicted molar refractivity (Wildman–Crippen MR) is 106 cm³/mol. The molecule has 0 aromatic carbocycles. The number of carbonyl (C=O) groups excluding carboxylic acids is 2. The Bertz CT molecular complexity index is 457. The summed E-state index contributed by atoms with van der Waals surface area (Å²) < 4.78 is 11.2. The summed E-state index contributed by atoms with van der Waals surface area (Å²) in [6.45, 7) is 17.7. The molecule has 0 bridgehead atoms. The molecule has 0 amide bonds. The van der Waals surface area contributed by atoms with E-state index in [0.717, 1.165) is 0 Å². The van der Waals surface area contributed by atoms with Crippen molar-refractivity contribution < 1.29 is 18.8 Å². The van der Waals surface area contributed by atoms with Crippen LogP contribution in [0.4, 0.5) is 0 Å². The van der Waals surface area contributed by atoms with Crippen molar-refractivity contribution in [3.63, 3.8) is 0 Å². The van der Waals surface area contributed by atoms with Gasteiger partial charge < -0.3 is 9.16 Å². The maximum absolute atomic E-state index is 12.4. The first-order chi connectivity index (χ1) is 11.4. The SMILES string of the molecule is CCOC(=O)C(CCCO[Si](C)(C)C(C)(C)C)C(=O)CCC=C(C)C. The van der Waals surface area contributed by atoms with Crippen LogP contribution in [-0.4, -0.2) is 33.3 Å². The fraction of sp³-hybridized carbons (Fsp3) is 0.800. The van der Waals surface area contributed by atoms with E-state index in [9.17, 15) is 9.59 Å². The number of Topliss-reactive ketones (excluding diaryl/α,β-unsaturated/α-hetero) is 1. The first-order valence-corrected chi connectivity index (χ1v) is 12.3. The van der Waals surface area contributed by atoms with E-state index in [2.05, 4.69) is 33.9 Å². The largest absolute Gasteiger partial charge is 0.465 e. The van der Waals surface area contributed by atoms with Crippen molar-refractivity contribution in [3.8, 4) is 0 Å². The Labute approximate surface area is 155 Å². The van der Waals surface area contributed by atoms with Gasteiger partial charge in [0.25, 0.3) is 0 Å². The summed E-state index contributed by atoms with van der Waals surface area (Å²) in [7, 11) is -1.79. The van der Waals surface area contributed by atoms with Crippen LogP contribution in [0.25, 0.3) is 0 Å². The van der Waals surface area contributed by atoms with Crippen LogP contribution in [0.5, 0.6) is 0 Å². The minimum absolute atomic E-state index is 0.0247. The smallest absolute Gasteiger partial charge is 0.316 e. The Kier molecular flexibility index (Phi) is 10.5. The van der Waals surface area contributed by atoms with E-state index in [4.69, 9.17) is 9.16 Å². The molecule has 0 heterocycles. The molecule has 0 saturated heterocycles. The summed E-state index contributed by atoms with van der Waals surface area (Å²) in [5, 5.41) is 0.160. The Hall–Kier alpha value is -0.943. The fourth-order valence-electron chi connectivity index (χ4n) is 2.16. The van der Waals surface area contributed by atoms with Gasteiger partial charge >= 0.3 is 5.97 Å².